The fourth-order valence-corrected chi connectivity index (χ4v) is 3.48. The average molecular weight is 281 g/mol. The third-order valence-corrected chi connectivity index (χ3v) is 4.74. The minimum Gasteiger partial charge on any atom is -0.464 e. The monoisotopic (exact) mass is 281 g/mol. The minimum absolute atomic E-state index is 0.131. The van der Waals surface area contributed by atoms with E-state index < -0.39 is 0 Å². The van der Waals surface area contributed by atoms with Crippen LogP contribution >= 0.6 is 23.1 Å². The van der Waals surface area contributed by atoms with Crippen molar-refractivity contribution < 1.29 is 9.53 Å². The number of carbonyl (C=O) groups is 1. The maximum Gasteiger partial charge on any atom is 0.307 e. The van der Waals surface area contributed by atoms with Crippen molar-refractivity contribution in [1.82, 2.24) is 14.8 Å². The van der Waals surface area contributed by atoms with Crippen molar-refractivity contribution in [3.63, 3.8) is 0 Å². The number of carbonyl (C=O) groups excluding carboxylic acids is 1. The first-order valence-electron chi connectivity index (χ1n) is 5.49. The zero-order chi connectivity index (χ0) is 12.5. The lowest BCUT2D eigenvalue weighted by Gasteiger charge is -2.05. The van der Waals surface area contributed by atoms with Gasteiger partial charge in [-0.2, -0.15) is 0 Å². The molecule has 1 fully saturated rings. The molecule has 0 radical (unpaired) electrons. The summed E-state index contributed by atoms with van der Waals surface area (Å²) in [5.41, 5.74) is 0. The molecule has 5 nitrogen and oxygen atoms in total. The molecule has 0 aromatic carbocycles. The maximum absolute atomic E-state index is 11.0. The summed E-state index contributed by atoms with van der Waals surface area (Å²) in [6.07, 6.45) is 0.450. The summed E-state index contributed by atoms with van der Waals surface area (Å²) in [5.74, 6) is 0.728. The maximum atomic E-state index is 11.0. The van der Waals surface area contributed by atoms with Crippen LogP contribution in [-0.4, -0.2) is 32.6 Å². The van der Waals surface area contributed by atoms with Crippen LogP contribution in [0.2, 0.25) is 0 Å². The highest BCUT2D eigenvalue weighted by atomic mass is 32.2. The molecule has 0 unspecified atom stereocenters. The van der Waals surface area contributed by atoms with Gasteiger partial charge in [-0.05, 0) is 11.4 Å². The lowest BCUT2D eigenvalue weighted by Crippen LogP contribution is -2.03. The lowest BCUT2D eigenvalue weighted by atomic mass is 10.4. The molecule has 1 atom stereocenters. The van der Waals surface area contributed by atoms with E-state index in [1.54, 1.807) is 23.1 Å². The van der Waals surface area contributed by atoms with E-state index >= 15 is 0 Å². The predicted octanol–water partition coefficient (Wildman–Crippen LogP) is 1.95. The Morgan fingerprint density at radius 1 is 1.56 bits per heavy atom. The summed E-state index contributed by atoms with van der Waals surface area (Å²) in [5, 5.41) is 11.4. The normalized spacial score (nSPS) is 19.2. The highest BCUT2D eigenvalue weighted by Crippen LogP contribution is 2.30. The van der Waals surface area contributed by atoms with Crippen molar-refractivity contribution in [2.45, 2.75) is 16.8 Å². The number of thioether (sulfide) groups is 1. The van der Waals surface area contributed by atoms with Crippen molar-refractivity contribution in [1.29, 1.82) is 0 Å². The third-order valence-electron chi connectivity index (χ3n) is 2.67. The summed E-state index contributed by atoms with van der Waals surface area (Å²) in [6, 6.07) is 4.01. The lowest BCUT2D eigenvalue weighted by molar-refractivity contribution is -0.137. The highest BCUT2D eigenvalue weighted by Gasteiger charge is 2.26. The molecule has 0 bridgehead atoms. The molecular formula is C11H11N3O2S2. The zero-order valence-corrected chi connectivity index (χ0v) is 11.3. The first-order chi connectivity index (χ1) is 8.74. The van der Waals surface area contributed by atoms with Gasteiger partial charge in [-0.15, -0.1) is 21.5 Å². The van der Waals surface area contributed by atoms with E-state index in [0.717, 1.165) is 15.9 Å². The predicted molar refractivity (Wildman–Crippen MR) is 69.5 cm³/mol. The molecule has 0 aliphatic carbocycles. The number of hydrogen-bond acceptors (Lipinski definition) is 6. The number of thiophene rings is 1. The van der Waals surface area contributed by atoms with Gasteiger partial charge in [0.2, 0.25) is 0 Å². The molecule has 0 N–H and O–H groups in total. The standard InChI is InChI=1S/C11H11N3O2S2/c1-14-10(8-3-2-4-17-8)12-13-11(14)18-7-5-9(15)16-6-7/h2-4,7H,5-6H2,1H3/t7-/m1/s1. The van der Waals surface area contributed by atoms with Gasteiger partial charge >= 0.3 is 5.97 Å². The van der Waals surface area contributed by atoms with Crippen LogP contribution in [0.4, 0.5) is 0 Å². The fourth-order valence-electron chi connectivity index (χ4n) is 1.75. The fraction of sp³-hybridized carbons (Fsp3) is 0.364. The van der Waals surface area contributed by atoms with Crippen LogP contribution in [0, 0.1) is 0 Å². The first-order valence-corrected chi connectivity index (χ1v) is 7.25. The van der Waals surface area contributed by atoms with Gasteiger partial charge in [-0.25, -0.2) is 0 Å². The number of hydrogen-bond donors (Lipinski definition) is 0. The Kier molecular flexibility index (Phi) is 3.09. The number of nitrogens with zero attached hydrogens (tertiary/aromatic N) is 3. The SMILES string of the molecule is Cn1c(S[C@H]2COC(=O)C2)nnc1-c1cccs1. The van der Waals surface area contributed by atoms with Gasteiger partial charge in [0.25, 0.3) is 0 Å². The third kappa shape index (κ3) is 2.15. The molecule has 0 spiro atoms. The molecule has 0 saturated carbocycles. The van der Waals surface area contributed by atoms with E-state index in [1.807, 2.05) is 29.1 Å². The summed E-state index contributed by atoms with van der Waals surface area (Å²) in [7, 11) is 1.94. The van der Waals surface area contributed by atoms with Gasteiger partial charge in [0, 0.05) is 7.05 Å². The van der Waals surface area contributed by atoms with Gasteiger partial charge in [0.15, 0.2) is 11.0 Å². The second-order valence-corrected chi connectivity index (χ2v) is 6.18. The summed E-state index contributed by atoms with van der Waals surface area (Å²) in [6.45, 7) is 0.463. The second kappa shape index (κ2) is 4.74. The van der Waals surface area contributed by atoms with Crippen LogP contribution in [0.3, 0.4) is 0 Å². The zero-order valence-electron chi connectivity index (χ0n) is 9.70. The summed E-state index contributed by atoms with van der Waals surface area (Å²) in [4.78, 5) is 12.1. The molecule has 3 heterocycles. The van der Waals surface area contributed by atoms with Gasteiger partial charge in [0.1, 0.15) is 6.61 Å². The topological polar surface area (TPSA) is 57.0 Å². The van der Waals surface area contributed by atoms with Gasteiger partial charge < -0.3 is 9.30 Å². The quantitative estimate of drug-likeness (QED) is 0.805. The molecule has 2 aromatic rings. The Morgan fingerprint density at radius 3 is 3.11 bits per heavy atom. The Hall–Kier alpha value is -1.34. The summed E-state index contributed by atoms with van der Waals surface area (Å²) >= 11 is 3.18. The Balaban J connectivity index is 1.80. The number of esters is 1. The van der Waals surface area contributed by atoms with Crippen LogP contribution in [0.15, 0.2) is 22.7 Å². The first kappa shape index (κ1) is 11.7. The molecule has 7 heteroatoms. The number of ether oxygens (including phenoxy) is 1. The smallest absolute Gasteiger partial charge is 0.307 e. The molecule has 94 valence electrons. The Labute approximate surface area is 112 Å². The van der Waals surface area contributed by atoms with Crippen molar-refractivity contribution in [2.75, 3.05) is 6.61 Å². The molecule has 0 amide bonds. The number of cyclic esters (lactones) is 1. The number of aromatic nitrogens is 3. The van der Waals surface area contributed by atoms with Crippen molar-refractivity contribution >= 4 is 29.1 Å². The molecule has 2 aromatic heterocycles. The summed E-state index contributed by atoms with van der Waals surface area (Å²) < 4.78 is 6.90. The van der Waals surface area contributed by atoms with Gasteiger partial charge in [0.05, 0.1) is 16.5 Å². The van der Waals surface area contributed by atoms with Gasteiger partial charge in [-0.3, -0.25) is 4.79 Å². The van der Waals surface area contributed by atoms with Crippen LogP contribution < -0.4 is 0 Å². The Bertz CT molecular complexity index is 565. The Morgan fingerprint density at radius 2 is 2.44 bits per heavy atom. The van der Waals surface area contributed by atoms with E-state index in [4.69, 9.17) is 4.74 Å². The highest BCUT2D eigenvalue weighted by molar-refractivity contribution is 7.99. The van der Waals surface area contributed by atoms with Crippen molar-refractivity contribution in [2.24, 2.45) is 7.05 Å². The van der Waals surface area contributed by atoms with E-state index in [2.05, 4.69) is 10.2 Å². The van der Waals surface area contributed by atoms with Crippen LogP contribution in [0.5, 0.6) is 0 Å². The molecule has 18 heavy (non-hydrogen) atoms. The average Bonchev–Trinajstić information content (AvgIpc) is 3.04. The van der Waals surface area contributed by atoms with Crippen LogP contribution in [-0.2, 0) is 16.6 Å². The molecule has 1 aliphatic heterocycles. The van der Waals surface area contributed by atoms with E-state index in [-0.39, 0.29) is 11.2 Å². The minimum atomic E-state index is -0.131. The number of rotatable bonds is 3. The molecular weight excluding hydrogens is 270 g/mol. The van der Waals surface area contributed by atoms with E-state index in [9.17, 15) is 4.79 Å². The van der Waals surface area contributed by atoms with E-state index in [0.29, 0.717) is 13.0 Å². The van der Waals surface area contributed by atoms with Crippen LogP contribution in [0.1, 0.15) is 6.42 Å². The van der Waals surface area contributed by atoms with Crippen molar-refractivity contribution in [3.8, 4) is 10.7 Å². The van der Waals surface area contributed by atoms with Crippen molar-refractivity contribution in [3.05, 3.63) is 17.5 Å². The van der Waals surface area contributed by atoms with E-state index in [1.165, 1.54) is 0 Å². The molecule has 1 aliphatic rings. The van der Waals surface area contributed by atoms with Gasteiger partial charge in [-0.1, -0.05) is 17.8 Å². The molecule has 1 saturated heterocycles. The largest absolute Gasteiger partial charge is 0.464 e. The second-order valence-electron chi connectivity index (χ2n) is 3.97. The van der Waals surface area contributed by atoms with Crippen LogP contribution in [0.25, 0.3) is 10.7 Å². The molecule has 3 rings (SSSR count).